The number of alkyl halides is 3. The first kappa shape index (κ1) is 26.2. The Balaban J connectivity index is 1.69. The molecule has 1 heterocycles. The van der Waals surface area contributed by atoms with Crippen molar-refractivity contribution in [1.29, 1.82) is 0 Å². The van der Waals surface area contributed by atoms with Gasteiger partial charge in [0, 0.05) is 5.69 Å². The van der Waals surface area contributed by atoms with Gasteiger partial charge >= 0.3 is 6.03 Å². The minimum Gasteiger partial charge on any atom is -0.497 e. The molecule has 4 rings (SSSR count). The van der Waals surface area contributed by atoms with Crippen molar-refractivity contribution in [3.8, 4) is 11.4 Å². The van der Waals surface area contributed by atoms with Crippen LogP contribution in [-0.4, -0.2) is 31.9 Å². The number of fused-ring (bicyclic) bond motifs is 1. The summed E-state index contributed by atoms with van der Waals surface area (Å²) >= 11 is 19.7. The minimum absolute atomic E-state index is 0.253. The Morgan fingerprint density at radius 1 is 1.03 bits per heavy atom. The lowest BCUT2D eigenvalue weighted by atomic mass is 10.2. The average molecular weight is 564 g/mol. The Morgan fingerprint density at radius 2 is 1.69 bits per heavy atom. The molecular weight excluding hydrogens is 543 g/mol. The SMILES string of the molecule is COc1ccc(NC(=O)N[C@H](Sc2nc3ccccc3c(=O)n2-c2ccc(C)cc2)C(Cl)(Cl)Cl)cc1. The van der Waals surface area contributed by atoms with Gasteiger partial charge in [-0.25, -0.2) is 9.78 Å². The quantitative estimate of drug-likeness (QED) is 0.124. The second-order valence-corrected chi connectivity index (χ2v) is 11.2. The number of rotatable bonds is 6. The van der Waals surface area contributed by atoms with Gasteiger partial charge < -0.3 is 15.4 Å². The molecule has 0 saturated carbocycles. The van der Waals surface area contributed by atoms with Crippen molar-refractivity contribution >= 4 is 69.2 Å². The Labute approximate surface area is 226 Å². The fraction of sp³-hybridized carbons (Fsp3) is 0.160. The van der Waals surface area contributed by atoms with Gasteiger partial charge in [0.05, 0.1) is 23.7 Å². The fourth-order valence-electron chi connectivity index (χ4n) is 3.36. The Kier molecular flexibility index (Phi) is 8.00. The number of halogens is 3. The number of carbonyl (C=O) groups excluding carboxylic acids is 1. The summed E-state index contributed by atoms with van der Waals surface area (Å²) < 4.78 is 4.64. The van der Waals surface area contributed by atoms with E-state index in [1.54, 1.807) is 55.6 Å². The van der Waals surface area contributed by atoms with Crippen LogP contribution in [0.25, 0.3) is 16.6 Å². The van der Waals surface area contributed by atoms with E-state index in [0.29, 0.717) is 28.0 Å². The Morgan fingerprint density at radius 3 is 2.33 bits per heavy atom. The van der Waals surface area contributed by atoms with Crippen LogP contribution in [0.5, 0.6) is 5.75 Å². The zero-order valence-corrected chi connectivity index (χ0v) is 22.3. The third-order valence-corrected chi connectivity index (χ3v) is 7.40. The summed E-state index contributed by atoms with van der Waals surface area (Å²) in [5.41, 5.74) is 2.35. The summed E-state index contributed by atoms with van der Waals surface area (Å²) in [4.78, 5) is 30.9. The molecule has 36 heavy (non-hydrogen) atoms. The van der Waals surface area contributed by atoms with Crippen LogP contribution in [0.2, 0.25) is 0 Å². The number of ether oxygens (including phenoxy) is 1. The predicted octanol–water partition coefficient (Wildman–Crippen LogP) is 6.31. The zero-order valence-electron chi connectivity index (χ0n) is 19.2. The van der Waals surface area contributed by atoms with Crippen LogP contribution in [0, 0.1) is 6.92 Å². The highest BCUT2D eigenvalue weighted by molar-refractivity contribution is 8.00. The maximum atomic E-state index is 13.5. The number of carbonyl (C=O) groups is 1. The third-order valence-electron chi connectivity index (χ3n) is 5.17. The van der Waals surface area contributed by atoms with Crippen LogP contribution in [0.15, 0.2) is 82.7 Å². The smallest absolute Gasteiger partial charge is 0.320 e. The molecule has 0 aliphatic rings. The summed E-state index contributed by atoms with van der Waals surface area (Å²) in [6.45, 7) is 1.95. The highest BCUT2D eigenvalue weighted by Crippen LogP contribution is 2.39. The first-order chi connectivity index (χ1) is 17.2. The molecule has 2 N–H and O–H groups in total. The van der Waals surface area contributed by atoms with Gasteiger partial charge in [0.2, 0.25) is 3.79 Å². The lowest BCUT2D eigenvalue weighted by Crippen LogP contribution is -2.44. The van der Waals surface area contributed by atoms with Gasteiger partial charge in [-0.1, -0.05) is 76.4 Å². The summed E-state index contributed by atoms with van der Waals surface area (Å²) in [6.07, 6.45) is 0. The van der Waals surface area contributed by atoms with E-state index in [4.69, 9.17) is 39.5 Å². The number of hydrogen-bond donors (Lipinski definition) is 2. The number of hydrogen-bond acceptors (Lipinski definition) is 5. The molecule has 2 amide bonds. The minimum atomic E-state index is -1.93. The molecule has 7 nitrogen and oxygen atoms in total. The van der Waals surface area contributed by atoms with Gasteiger partial charge in [0.1, 0.15) is 11.1 Å². The van der Waals surface area contributed by atoms with Crippen LogP contribution in [-0.2, 0) is 0 Å². The summed E-state index contributed by atoms with van der Waals surface area (Å²) in [6, 6.07) is 20.5. The highest BCUT2D eigenvalue weighted by Gasteiger charge is 2.36. The van der Waals surface area contributed by atoms with E-state index in [1.807, 2.05) is 31.2 Å². The third kappa shape index (κ3) is 6.07. The van der Waals surface area contributed by atoms with Crippen molar-refractivity contribution in [2.75, 3.05) is 12.4 Å². The molecule has 11 heteroatoms. The van der Waals surface area contributed by atoms with Crippen molar-refractivity contribution in [3.05, 3.63) is 88.7 Å². The summed E-state index contributed by atoms with van der Waals surface area (Å²) in [7, 11) is 1.55. The number of methoxy groups -OCH3 is 1. The topological polar surface area (TPSA) is 85.2 Å². The number of aromatic nitrogens is 2. The molecule has 0 spiro atoms. The second kappa shape index (κ2) is 11.0. The molecule has 0 saturated heterocycles. The zero-order chi connectivity index (χ0) is 25.9. The maximum Gasteiger partial charge on any atom is 0.320 e. The number of urea groups is 1. The van der Waals surface area contributed by atoms with Crippen molar-refractivity contribution in [3.63, 3.8) is 0 Å². The van der Waals surface area contributed by atoms with E-state index < -0.39 is 15.2 Å². The van der Waals surface area contributed by atoms with Crippen molar-refractivity contribution in [1.82, 2.24) is 14.9 Å². The van der Waals surface area contributed by atoms with Crippen molar-refractivity contribution in [2.24, 2.45) is 0 Å². The normalized spacial score (nSPS) is 12.2. The number of para-hydroxylation sites is 1. The monoisotopic (exact) mass is 562 g/mol. The van der Waals surface area contributed by atoms with Crippen LogP contribution in [0.4, 0.5) is 10.5 Å². The lowest BCUT2D eigenvalue weighted by Gasteiger charge is -2.26. The van der Waals surface area contributed by atoms with Crippen LogP contribution in [0.3, 0.4) is 0 Å². The number of nitrogens with zero attached hydrogens (tertiary/aromatic N) is 2. The number of thioether (sulfide) groups is 1. The first-order valence-electron chi connectivity index (χ1n) is 10.7. The second-order valence-electron chi connectivity index (χ2n) is 7.75. The molecular formula is C25H21Cl3N4O3S. The molecule has 1 aromatic heterocycles. The van der Waals surface area contributed by atoms with Gasteiger partial charge in [-0.05, 0) is 55.5 Å². The van der Waals surface area contributed by atoms with Gasteiger partial charge in [-0.15, -0.1) is 0 Å². The van der Waals surface area contributed by atoms with Gasteiger partial charge in [-0.2, -0.15) is 0 Å². The van der Waals surface area contributed by atoms with Gasteiger partial charge in [0.15, 0.2) is 5.16 Å². The van der Waals surface area contributed by atoms with E-state index >= 15 is 0 Å². The summed E-state index contributed by atoms with van der Waals surface area (Å²) in [5, 5.41) is 4.96. The number of nitrogens with one attached hydrogen (secondary N) is 2. The van der Waals surface area contributed by atoms with Gasteiger partial charge in [0.25, 0.3) is 5.56 Å². The van der Waals surface area contributed by atoms with E-state index in [-0.39, 0.29) is 10.7 Å². The predicted molar refractivity (Wildman–Crippen MR) is 147 cm³/mol. The van der Waals surface area contributed by atoms with E-state index in [2.05, 4.69) is 15.6 Å². The molecule has 186 valence electrons. The molecule has 0 fully saturated rings. The number of benzene rings is 3. The van der Waals surface area contributed by atoms with Crippen molar-refractivity contribution < 1.29 is 9.53 Å². The molecule has 4 aromatic rings. The van der Waals surface area contributed by atoms with E-state index in [0.717, 1.165) is 17.3 Å². The standard InChI is InChI=1S/C25H21Cl3N4O3S/c1-15-7-11-17(12-8-15)32-21(33)19-5-3-4-6-20(19)30-24(32)36-22(25(26,27)28)31-23(34)29-16-9-13-18(35-2)14-10-16/h3-14,22H,1-2H3,(H2,29,31,34)/t22-/m1/s1. The first-order valence-corrected chi connectivity index (χ1v) is 12.7. The molecule has 0 aliphatic heterocycles. The highest BCUT2D eigenvalue weighted by atomic mass is 35.6. The molecule has 0 unspecified atom stereocenters. The Hall–Kier alpha value is -2.91. The number of aryl methyl sites for hydroxylation is 1. The van der Waals surface area contributed by atoms with E-state index in [9.17, 15) is 9.59 Å². The molecule has 3 aromatic carbocycles. The molecule has 0 aliphatic carbocycles. The number of anilines is 1. The molecule has 0 bridgehead atoms. The fourth-order valence-corrected chi connectivity index (χ4v) is 4.88. The maximum absolute atomic E-state index is 13.5. The van der Waals surface area contributed by atoms with Crippen LogP contribution >= 0.6 is 46.6 Å². The Bertz CT molecular complexity index is 1440. The lowest BCUT2D eigenvalue weighted by molar-refractivity contribution is 0.251. The van der Waals surface area contributed by atoms with Crippen molar-refractivity contribution in [2.45, 2.75) is 21.2 Å². The average Bonchev–Trinajstić information content (AvgIpc) is 2.84. The molecule has 0 radical (unpaired) electrons. The number of amides is 2. The van der Waals surface area contributed by atoms with Crippen LogP contribution < -0.4 is 20.9 Å². The molecule has 1 atom stereocenters. The summed E-state index contributed by atoms with van der Waals surface area (Å²) in [5.74, 6) is 0.645. The van der Waals surface area contributed by atoms with E-state index in [1.165, 1.54) is 4.57 Å². The largest absolute Gasteiger partial charge is 0.497 e. The van der Waals surface area contributed by atoms with Crippen LogP contribution in [0.1, 0.15) is 5.56 Å². The van der Waals surface area contributed by atoms with Gasteiger partial charge in [-0.3, -0.25) is 9.36 Å².